The van der Waals surface area contributed by atoms with Gasteiger partial charge in [-0.15, -0.1) is 0 Å². The van der Waals surface area contributed by atoms with Gasteiger partial charge in [-0.25, -0.2) is 0 Å². The zero-order chi connectivity index (χ0) is 21.1. The Balaban J connectivity index is 1.24. The Kier molecular flexibility index (Phi) is 5.61. The van der Waals surface area contributed by atoms with Crippen LogP contribution in [0.25, 0.3) is 0 Å². The SMILES string of the molecule is O=C(OCCN1C(=O)c2ccccc2C1=O)[C@@H]1CC(=O)N(CCc2ccccc2)C1. The third-order valence-corrected chi connectivity index (χ3v) is 5.50. The van der Waals surface area contributed by atoms with Gasteiger partial charge in [0.2, 0.25) is 5.91 Å². The van der Waals surface area contributed by atoms with Gasteiger partial charge in [0, 0.05) is 19.5 Å². The number of carbonyl (C=O) groups excluding carboxylic acids is 4. The van der Waals surface area contributed by atoms with Crippen molar-refractivity contribution in [2.75, 3.05) is 26.2 Å². The van der Waals surface area contributed by atoms with E-state index in [0.29, 0.717) is 24.2 Å². The van der Waals surface area contributed by atoms with Gasteiger partial charge < -0.3 is 9.64 Å². The highest BCUT2D eigenvalue weighted by molar-refractivity contribution is 6.21. The minimum Gasteiger partial charge on any atom is -0.464 e. The molecule has 2 heterocycles. The van der Waals surface area contributed by atoms with Gasteiger partial charge >= 0.3 is 5.97 Å². The fourth-order valence-corrected chi connectivity index (χ4v) is 3.85. The van der Waals surface area contributed by atoms with E-state index in [1.165, 1.54) is 0 Å². The molecule has 1 saturated heterocycles. The van der Waals surface area contributed by atoms with E-state index in [1.54, 1.807) is 29.2 Å². The molecule has 2 aromatic rings. The van der Waals surface area contributed by atoms with Crippen molar-refractivity contribution in [2.24, 2.45) is 5.92 Å². The van der Waals surface area contributed by atoms with Crippen LogP contribution in [0, 0.1) is 5.92 Å². The molecule has 2 aliphatic rings. The molecule has 0 bridgehead atoms. The molecule has 1 fully saturated rings. The Bertz CT molecular complexity index is 953. The highest BCUT2D eigenvalue weighted by Crippen LogP contribution is 2.23. The van der Waals surface area contributed by atoms with Crippen molar-refractivity contribution >= 4 is 23.7 Å². The Hall–Kier alpha value is -3.48. The lowest BCUT2D eigenvalue weighted by Gasteiger charge is -2.17. The van der Waals surface area contributed by atoms with E-state index in [0.717, 1.165) is 16.9 Å². The number of amides is 3. The second-order valence-electron chi connectivity index (χ2n) is 7.45. The minimum atomic E-state index is -0.518. The topological polar surface area (TPSA) is 84.0 Å². The first kappa shape index (κ1) is 19.8. The van der Waals surface area contributed by atoms with Crippen LogP contribution in [-0.2, 0) is 20.7 Å². The van der Waals surface area contributed by atoms with Crippen LogP contribution < -0.4 is 0 Å². The summed E-state index contributed by atoms with van der Waals surface area (Å²) in [6, 6.07) is 16.5. The van der Waals surface area contributed by atoms with Gasteiger partial charge in [-0.2, -0.15) is 0 Å². The maximum absolute atomic E-state index is 12.4. The van der Waals surface area contributed by atoms with Crippen LogP contribution in [0.4, 0.5) is 0 Å². The quantitative estimate of drug-likeness (QED) is 0.518. The van der Waals surface area contributed by atoms with Gasteiger partial charge in [0.25, 0.3) is 11.8 Å². The summed E-state index contributed by atoms with van der Waals surface area (Å²) >= 11 is 0. The molecule has 30 heavy (non-hydrogen) atoms. The lowest BCUT2D eigenvalue weighted by molar-refractivity contribution is -0.148. The van der Waals surface area contributed by atoms with Gasteiger partial charge in [0.1, 0.15) is 6.61 Å². The van der Waals surface area contributed by atoms with E-state index in [-0.39, 0.29) is 37.3 Å². The number of hydrogen-bond donors (Lipinski definition) is 0. The van der Waals surface area contributed by atoms with Gasteiger partial charge in [0.15, 0.2) is 0 Å². The van der Waals surface area contributed by atoms with Crippen molar-refractivity contribution in [1.29, 1.82) is 0 Å². The van der Waals surface area contributed by atoms with Gasteiger partial charge in [0.05, 0.1) is 23.6 Å². The zero-order valence-corrected chi connectivity index (χ0v) is 16.5. The third-order valence-electron chi connectivity index (χ3n) is 5.50. The summed E-state index contributed by atoms with van der Waals surface area (Å²) in [4.78, 5) is 52.0. The van der Waals surface area contributed by atoms with E-state index in [9.17, 15) is 19.2 Å². The van der Waals surface area contributed by atoms with Crippen LogP contribution in [0.15, 0.2) is 54.6 Å². The fraction of sp³-hybridized carbons (Fsp3) is 0.304. The van der Waals surface area contributed by atoms with Gasteiger partial charge in [-0.05, 0) is 24.1 Å². The molecule has 3 amide bonds. The van der Waals surface area contributed by atoms with Crippen molar-refractivity contribution in [3.8, 4) is 0 Å². The molecule has 0 radical (unpaired) electrons. The van der Waals surface area contributed by atoms with E-state index in [4.69, 9.17) is 4.74 Å². The number of carbonyl (C=O) groups is 4. The van der Waals surface area contributed by atoms with Crippen molar-refractivity contribution in [1.82, 2.24) is 9.80 Å². The summed E-state index contributed by atoms with van der Waals surface area (Å²) in [5.41, 5.74) is 1.87. The first-order valence-electron chi connectivity index (χ1n) is 9.98. The lowest BCUT2D eigenvalue weighted by atomic mass is 10.1. The summed E-state index contributed by atoms with van der Waals surface area (Å²) in [7, 11) is 0. The monoisotopic (exact) mass is 406 g/mol. The zero-order valence-electron chi connectivity index (χ0n) is 16.5. The minimum absolute atomic E-state index is 0.00350. The number of benzene rings is 2. The Morgan fingerprint density at radius 3 is 2.20 bits per heavy atom. The van der Waals surface area contributed by atoms with Crippen molar-refractivity contribution in [3.05, 3.63) is 71.3 Å². The summed E-state index contributed by atoms with van der Waals surface area (Å²) in [6.45, 7) is 0.800. The molecule has 0 spiro atoms. The molecule has 154 valence electrons. The van der Waals surface area contributed by atoms with Crippen molar-refractivity contribution < 1.29 is 23.9 Å². The molecule has 0 saturated carbocycles. The number of likely N-dealkylation sites (tertiary alicyclic amines) is 1. The molecule has 0 aromatic heterocycles. The highest BCUT2D eigenvalue weighted by Gasteiger charge is 2.37. The maximum Gasteiger partial charge on any atom is 0.311 e. The predicted molar refractivity (Wildman–Crippen MR) is 108 cm³/mol. The Morgan fingerprint density at radius 1 is 0.900 bits per heavy atom. The normalized spacial score (nSPS) is 18.1. The summed E-state index contributed by atoms with van der Waals surface area (Å²) in [5, 5.41) is 0. The number of nitrogens with zero attached hydrogens (tertiary/aromatic N) is 2. The summed E-state index contributed by atoms with van der Waals surface area (Å²) in [5.74, 6) is -1.81. The molecular weight excluding hydrogens is 384 g/mol. The first-order chi connectivity index (χ1) is 14.5. The molecule has 0 N–H and O–H groups in total. The van der Waals surface area contributed by atoms with E-state index < -0.39 is 11.9 Å². The molecule has 7 nitrogen and oxygen atoms in total. The van der Waals surface area contributed by atoms with Crippen LogP contribution in [0.3, 0.4) is 0 Å². The second-order valence-corrected chi connectivity index (χ2v) is 7.45. The lowest BCUT2D eigenvalue weighted by Crippen LogP contribution is -2.34. The van der Waals surface area contributed by atoms with E-state index in [2.05, 4.69) is 0 Å². The first-order valence-corrected chi connectivity index (χ1v) is 9.98. The number of fused-ring (bicyclic) bond motifs is 1. The number of imide groups is 1. The standard InChI is InChI=1S/C23H22N2O5/c26-20-14-17(15-24(20)11-10-16-6-2-1-3-7-16)23(29)30-13-12-25-21(27)18-8-4-5-9-19(18)22(25)28/h1-9,17H,10-15H2/t17-/m1/s1. The van der Waals surface area contributed by atoms with Crippen LogP contribution in [0.5, 0.6) is 0 Å². The van der Waals surface area contributed by atoms with Crippen molar-refractivity contribution in [2.45, 2.75) is 12.8 Å². The van der Waals surface area contributed by atoms with Gasteiger partial charge in [-0.1, -0.05) is 42.5 Å². The third kappa shape index (κ3) is 3.96. The van der Waals surface area contributed by atoms with Gasteiger partial charge in [-0.3, -0.25) is 24.1 Å². The molecule has 7 heteroatoms. The van der Waals surface area contributed by atoms with E-state index >= 15 is 0 Å². The molecule has 2 aliphatic heterocycles. The highest BCUT2D eigenvalue weighted by atomic mass is 16.5. The molecular formula is C23H22N2O5. The number of ether oxygens (including phenoxy) is 1. The summed E-state index contributed by atoms with van der Waals surface area (Å²) < 4.78 is 5.28. The summed E-state index contributed by atoms with van der Waals surface area (Å²) in [6.07, 6.45) is 0.856. The van der Waals surface area contributed by atoms with Crippen molar-refractivity contribution in [3.63, 3.8) is 0 Å². The molecule has 4 rings (SSSR count). The fourth-order valence-electron chi connectivity index (χ4n) is 3.85. The number of esters is 1. The molecule has 2 aromatic carbocycles. The molecule has 0 unspecified atom stereocenters. The van der Waals surface area contributed by atoms with E-state index in [1.807, 2.05) is 30.3 Å². The predicted octanol–water partition coefficient (Wildman–Crippen LogP) is 1.92. The van der Waals surface area contributed by atoms with Crippen LogP contribution >= 0.6 is 0 Å². The van der Waals surface area contributed by atoms with Crippen LogP contribution in [0.1, 0.15) is 32.7 Å². The molecule has 1 atom stereocenters. The average molecular weight is 406 g/mol. The molecule has 0 aliphatic carbocycles. The Morgan fingerprint density at radius 2 is 1.53 bits per heavy atom. The second kappa shape index (κ2) is 8.49. The number of hydrogen-bond acceptors (Lipinski definition) is 5. The smallest absolute Gasteiger partial charge is 0.311 e. The largest absolute Gasteiger partial charge is 0.464 e. The van der Waals surface area contributed by atoms with Crippen LogP contribution in [0.2, 0.25) is 0 Å². The maximum atomic E-state index is 12.4. The average Bonchev–Trinajstić information content (AvgIpc) is 3.26. The van der Waals surface area contributed by atoms with Crippen LogP contribution in [-0.4, -0.2) is 59.7 Å². The Labute approximate surface area is 174 Å². The number of rotatable bonds is 7.